The van der Waals surface area contributed by atoms with Crippen molar-refractivity contribution in [1.29, 1.82) is 0 Å². The molecule has 0 amide bonds. The van der Waals surface area contributed by atoms with Gasteiger partial charge in [0.05, 0.1) is 12.5 Å². The predicted octanol–water partition coefficient (Wildman–Crippen LogP) is 1.62. The summed E-state index contributed by atoms with van der Waals surface area (Å²) in [5.41, 5.74) is -0.0620. The number of anilines is 1. The first-order valence-corrected chi connectivity index (χ1v) is 10.4. The summed E-state index contributed by atoms with van der Waals surface area (Å²) in [5, 5.41) is 14.1. The molecule has 29 heavy (non-hydrogen) atoms. The Bertz CT molecular complexity index is 1210. The van der Waals surface area contributed by atoms with E-state index in [2.05, 4.69) is 10.1 Å². The number of halogens is 3. The Morgan fingerprint density at radius 3 is 2.41 bits per heavy atom. The van der Waals surface area contributed by atoms with Crippen LogP contribution in [0.2, 0.25) is 0 Å². The molecule has 4 rings (SSSR count). The highest BCUT2D eigenvalue weighted by Crippen LogP contribution is 2.29. The minimum Gasteiger partial charge on any atom is -0.503 e. The molecular weight excluding hydrogens is 411 g/mol. The molecule has 0 unspecified atom stereocenters. The lowest BCUT2D eigenvalue weighted by Crippen LogP contribution is -2.48. The van der Waals surface area contributed by atoms with E-state index in [1.807, 2.05) is 4.90 Å². The standard InChI is InChI=1S/C17H16F3N5O3S/c1-29(27,28)24-4-2-23(3-5-24)14-6-10-9-25(22-12(10)8-21-14)13-7-11(18)15(19)17(26)16(13)20/h6-9,26H,2-5H2,1H3. The number of rotatable bonds is 3. The van der Waals surface area contributed by atoms with Gasteiger partial charge in [0.1, 0.15) is 17.0 Å². The van der Waals surface area contributed by atoms with Gasteiger partial charge in [-0.3, -0.25) is 0 Å². The molecule has 3 heterocycles. The highest BCUT2D eigenvalue weighted by molar-refractivity contribution is 7.88. The number of aromatic nitrogens is 3. The van der Waals surface area contributed by atoms with E-state index in [-0.39, 0.29) is 0 Å². The van der Waals surface area contributed by atoms with Crippen LogP contribution in [0.1, 0.15) is 0 Å². The van der Waals surface area contributed by atoms with Gasteiger partial charge in [0, 0.05) is 43.8 Å². The van der Waals surface area contributed by atoms with Crippen LogP contribution in [-0.2, 0) is 10.0 Å². The molecule has 8 nitrogen and oxygen atoms in total. The molecule has 1 saturated heterocycles. The minimum absolute atomic E-state index is 0.331. The lowest BCUT2D eigenvalue weighted by Gasteiger charge is -2.33. The third kappa shape index (κ3) is 3.49. The SMILES string of the molecule is CS(=O)(=O)N1CCN(c2cc3cn(-c4cc(F)c(F)c(O)c4F)nc3cn2)CC1. The number of nitrogens with zero attached hydrogens (tertiary/aromatic N) is 5. The van der Waals surface area contributed by atoms with E-state index < -0.39 is 38.9 Å². The molecule has 1 aliphatic rings. The zero-order valence-electron chi connectivity index (χ0n) is 15.2. The highest BCUT2D eigenvalue weighted by Gasteiger charge is 2.25. The maximum Gasteiger partial charge on any atom is 0.211 e. The molecule has 0 atom stereocenters. The summed E-state index contributed by atoms with van der Waals surface area (Å²) in [6.07, 6.45) is 4.01. The number of hydrogen-bond acceptors (Lipinski definition) is 6. The van der Waals surface area contributed by atoms with Crippen LogP contribution < -0.4 is 4.90 Å². The first-order valence-electron chi connectivity index (χ1n) is 8.57. The van der Waals surface area contributed by atoms with E-state index in [0.717, 1.165) is 10.9 Å². The summed E-state index contributed by atoms with van der Waals surface area (Å²) in [6, 6.07) is 2.29. The van der Waals surface area contributed by atoms with Crippen LogP contribution in [0.25, 0.3) is 16.6 Å². The van der Waals surface area contributed by atoms with Gasteiger partial charge in [-0.25, -0.2) is 26.9 Å². The molecule has 0 aliphatic carbocycles. The molecule has 0 radical (unpaired) electrons. The Kier molecular flexibility index (Phi) is 4.62. The van der Waals surface area contributed by atoms with Crippen LogP contribution in [0, 0.1) is 17.5 Å². The summed E-state index contributed by atoms with van der Waals surface area (Å²) in [6.45, 7) is 1.56. The molecule has 12 heteroatoms. The lowest BCUT2D eigenvalue weighted by molar-refractivity contribution is 0.374. The minimum atomic E-state index is -3.25. The van der Waals surface area contributed by atoms with Crippen molar-refractivity contribution in [1.82, 2.24) is 19.1 Å². The zero-order valence-corrected chi connectivity index (χ0v) is 16.0. The van der Waals surface area contributed by atoms with E-state index in [9.17, 15) is 26.7 Å². The van der Waals surface area contributed by atoms with E-state index in [1.165, 1.54) is 16.7 Å². The number of phenols is 1. The largest absolute Gasteiger partial charge is 0.503 e. The van der Waals surface area contributed by atoms with Crippen molar-refractivity contribution in [2.24, 2.45) is 0 Å². The third-order valence-corrected chi connectivity index (χ3v) is 6.07. The second-order valence-corrected chi connectivity index (χ2v) is 8.66. The Balaban J connectivity index is 1.64. The maximum atomic E-state index is 14.2. The zero-order chi connectivity index (χ0) is 20.9. The van der Waals surface area contributed by atoms with E-state index in [4.69, 9.17) is 0 Å². The number of sulfonamides is 1. The van der Waals surface area contributed by atoms with Gasteiger partial charge in [0.25, 0.3) is 0 Å². The second kappa shape index (κ2) is 6.88. The summed E-state index contributed by atoms with van der Waals surface area (Å²) in [5.74, 6) is -5.23. The number of benzene rings is 1. The normalized spacial score (nSPS) is 15.9. The van der Waals surface area contributed by atoms with Crippen molar-refractivity contribution < 1.29 is 26.7 Å². The topological polar surface area (TPSA) is 91.6 Å². The van der Waals surface area contributed by atoms with Gasteiger partial charge in [-0.15, -0.1) is 0 Å². The van der Waals surface area contributed by atoms with Gasteiger partial charge in [-0.05, 0) is 6.07 Å². The summed E-state index contributed by atoms with van der Waals surface area (Å²) in [4.78, 5) is 6.21. The number of aromatic hydroxyl groups is 1. The Morgan fingerprint density at radius 2 is 1.76 bits per heavy atom. The monoisotopic (exact) mass is 427 g/mol. The summed E-state index contributed by atoms with van der Waals surface area (Å²) >= 11 is 0. The van der Waals surface area contributed by atoms with Crippen LogP contribution in [0.5, 0.6) is 5.75 Å². The van der Waals surface area contributed by atoms with Gasteiger partial charge in [0.2, 0.25) is 15.8 Å². The summed E-state index contributed by atoms with van der Waals surface area (Å²) < 4.78 is 66.7. The molecule has 0 spiro atoms. The molecule has 1 fully saturated rings. The lowest BCUT2D eigenvalue weighted by atomic mass is 10.2. The molecule has 0 saturated carbocycles. The third-order valence-electron chi connectivity index (χ3n) is 4.77. The van der Waals surface area contributed by atoms with Crippen molar-refractivity contribution in [2.75, 3.05) is 37.3 Å². The van der Waals surface area contributed by atoms with Crippen LogP contribution in [0.15, 0.2) is 24.5 Å². The van der Waals surface area contributed by atoms with E-state index in [0.29, 0.717) is 49.0 Å². The average molecular weight is 427 g/mol. The first kappa shape index (κ1) is 19.5. The molecule has 0 bridgehead atoms. The van der Waals surface area contributed by atoms with Crippen LogP contribution >= 0.6 is 0 Å². The molecule has 1 aliphatic heterocycles. The van der Waals surface area contributed by atoms with Crippen molar-refractivity contribution in [3.8, 4) is 11.4 Å². The Morgan fingerprint density at radius 1 is 1.07 bits per heavy atom. The highest BCUT2D eigenvalue weighted by atomic mass is 32.2. The second-order valence-electron chi connectivity index (χ2n) is 6.68. The molecule has 1 aromatic carbocycles. The Labute approximate surface area is 163 Å². The molecule has 1 N–H and O–H groups in total. The van der Waals surface area contributed by atoms with E-state index >= 15 is 0 Å². The van der Waals surface area contributed by atoms with Gasteiger partial charge in [-0.1, -0.05) is 0 Å². The molecule has 2 aromatic heterocycles. The predicted molar refractivity (Wildman–Crippen MR) is 99.0 cm³/mol. The van der Waals surface area contributed by atoms with Gasteiger partial charge in [-0.2, -0.15) is 13.8 Å². The molecule has 154 valence electrons. The number of pyridine rings is 1. The molecule has 3 aromatic rings. The van der Waals surface area contributed by atoms with Crippen LogP contribution in [0.4, 0.5) is 19.0 Å². The fraction of sp³-hybridized carbons (Fsp3) is 0.294. The van der Waals surface area contributed by atoms with E-state index in [1.54, 1.807) is 6.07 Å². The average Bonchev–Trinajstić information content (AvgIpc) is 3.11. The maximum absolute atomic E-state index is 14.2. The number of phenolic OH excluding ortho intramolecular Hbond substituents is 1. The van der Waals surface area contributed by atoms with Gasteiger partial charge >= 0.3 is 0 Å². The Hall–Kier alpha value is -2.86. The number of hydrogen-bond donors (Lipinski definition) is 1. The number of fused-ring (bicyclic) bond motifs is 1. The van der Waals surface area contributed by atoms with Crippen molar-refractivity contribution in [3.05, 3.63) is 42.0 Å². The summed E-state index contributed by atoms with van der Waals surface area (Å²) in [7, 11) is -3.25. The number of piperazine rings is 1. The fourth-order valence-electron chi connectivity index (χ4n) is 3.21. The smallest absolute Gasteiger partial charge is 0.211 e. The van der Waals surface area contributed by atoms with Crippen LogP contribution in [0.3, 0.4) is 0 Å². The van der Waals surface area contributed by atoms with Crippen molar-refractivity contribution >= 4 is 26.7 Å². The first-order chi connectivity index (χ1) is 13.6. The molecular formula is C17H16F3N5O3S. The van der Waals surface area contributed by atoms with Crippen LogP contribution in [-0.4, -0.2) is 65.0 Å². The van der Waals surface area contributed by atoms with Crippen molar-refractivity contribution in [2.45, 2.75) is 0 Å². The van der Waals surface area contributed by atoms with Gasteiger partial charge < -0.3 is 10.0 Å². The fourth-order valence-corrected chi connectivity index (χ4v) is 4.03. The quantitative estimate of drug-likeness (QED) is 0.639. The van der Waals surface area contributed by atoms with Crippen molar-refractivity contribution in [3.63, 3.8) is 0 Å². The van der Waals surface area contributed by atoms with Gasteiger partial charge in [0.15, 0.2) is 17.4 Å².